The van der Waals surface area contributed by atoms with Crippen LogP contribution in [-0.2, 0) is 14.3 Å². The first-order valence-corrected chi connectivity index (χ1v) is 7.88. The Balaban J connectivity index is 1.54. The van der Waals surface area contributed by atoms with E-state index in [0.717, 1.165) is 11.0 Å². The van der Waals surface area contributed by atoms with Gasteiger partial charge in [0.15, 0.2) is 10.9 Å². The number of hydrogen-bond donors (Lipinski definition) is 1. The summed E-state index contributed by atoms with van der Waals surface area (Å²) in [6.07, 6.45) is 1.31. The minimum absolute atomic E-state index is 0.150. The zero-order chi connectivity index (χ0) is 15.6. The summed E-state index contributed by atoms with van der Waals surface area (Å²) in [6.45, 7) is 0.811. The molecule has 1 amide bonds. The van der Waals surface area contributed by atoms with Gasteiger partial charge >= 0.3 is 0 Å². The first-order valence-electron chi connectivity index (χ1n) is 7.00. The molecule has 0 fully saturated rings. The fourth-order valence-corrected chi connectivity index (χ4v) is 2.89. The van der Waals surface area contributed by atoms with E-state index in [1.807, 2.05) is 35.7 Å². The molecule has 1 aliphatic rings. The summed E-state index contributed by atoms with van der Waals surface area (Å²) in [5.41, 5.74) is 1.48. The van der Waals surface area contributed by atoms with Gasteiger partial charge in [0.2, 0.25) is 5.76 Å². The quantitative estimate of drug-likeness (QED) is 0.798. The van der Waals surface area contributed by atoms with E-state index in [9.17, 15) is 4.79 Å². The van der Waals surface area contributed by atoms with E-state index in [-0.39, 0.29) is 11.7 Å². The number of thiazole rings is 1. The van der Waals surface area contributed by atoms with Crippen LogP contribution in [0.5, 0.6) is 0 Å². The molecule has 2 aromatic heterocycles. The minimum Gasteiger partial charge on any atom is -0.494 e. The number of fused-ring (bicyclic) bond motifs is 1. The van der Waals surface area contributed by atoms with Crippen LogP contribution in [0, 0.1) is 0 Å². The Labute approximate surface area is 135 Å². The van der Waals surface area contributed by atoms with Crippen LogP contribution < -0.4 is 5.32 Å². The van der Waals surface area contributed by atoms with Gasteiger partial charge in [-0.2, -0.15) is 0 Å². The zero-order valence-electron chi connectivity index (χ0n) is 11.9. The van der Waals surface area contributed by atoms with Crippen LogP contribution in [0.1, 0.15) is 0 Å². The van der Waals surface area contributed by atoms with Gasteiger partial charge in [-0.1, -0.05) is 18.2 Å². The third-order valence-electron chi connectivity index (χ3n) is 3.28. The number of nitrogens with one attached hydrogen (secondary N) is 1. The molecule has 0 spiro atoms. The standard InChI is InChI=1S/C16H12N2O4S/c19-15(14-8-20-5-6-21-14)18-16-17-11(9-23-16)13-7-10-3-1-2-4-12(10)22-13/h1-4,7-9H,5-6H2,(H,17,18,19). The van der Waals surface area contributed by atoms with Crippen molar-refractivity contribution in [1.82, 2.24) is 4.98 Å². The number of hydrogen-bond acceptors (Lipinski definition) is 6. The molecule has 7 heteroatoms. The molecule has 0 bridgehead atoms. The van der Waals surface area contributed by atoms with Gasteiger partial charge < -0.3 is 13.9 Å². The molecule has 1 aromatic carbocycles. The number of rotatable bonds is 3. The monoisotopic (exact) mass is 328 g/mol. The molecule has 116 valence electrons. The molecule has 0 saturated carbocycles. The number of anilines is 1. The molecule has 4 rings (SSSR count). The second kappa shape index (κ2) is 5.77. The van der Waals surface area contributed by atoms with Crippen LogP contribution in [-0.4, -0.2) is 24.1 Å². The number of carbonyl (C=O) groups is 1. The van der Waals surface area contributed by atoms with Crippen molar-refractivity contribution in [2.45, 2.75) is 0 Å². The third kappa shape index (κ3) is 2.78. The van der Waals surface area contributed by atoms with Crippen LogP contribution >= 0.6 is 11.3 Å². The lowest BCUT2D eigenvalue weighted by Crippen LogP contribution is -2.21. The third-order valence-corrected chi connectivity index (χ3v) is 4.03. The average molecular weight is 328 g/mol. The zero-order valence-corrected chi connectivity index (χ0v) is 12.8. The Morgan fingerprint density at radius 2 is 2.17 bits per heavy atom. The van der Waals surface area contributed by atoms with Gasteiger partial charge in [0, 0.05) is 10.8 Å². The Morgan fingerprint density at radius 3 is 3.00 bits per heavy atom. The van der Waals surface area contributed by atoms with Crippen molar-refractivity contribution in [2.24, 2.45) is 0 Å². The molecule has 1 N–H and O–H groups in total. The molecule has 23 heavy (non-hydrogen) atoms. The largest absolute Gasteiger partial charge is 0.494 e. The second-order valence-electron chi connectivity index (χ2n) is 4.84. The number of aromatic nitrogens is 1. The van der Waals surface area contributed by atoms with Crippen molar-refractivity contribution < 1.29 is 18.7 Å². The molecule has 0 atom stereocenters. The first-order chi connectivity index (χ1) is 11.3. The van der Waals surface area contributed by atoms with Gasteiger partial charge in [-0.15, -0.1) is 11.3 Å². The number of ether oxygens (including phenoxy) is 2. The van der Waals surface area contributed by atoms with E-state index in [2.05, 4.69) is 10.3 Å². The molecular formula is C16H12N2O4S. The highest BCUT2D eigenvalue weighted by Crippen LogP contribution is 2.30. The van der Waals surface area contributed by atoms with E-state index in [0.29, 0.717) is 29.8 Å². The lowest BCUT2D eigenvalue weighted by Gasteiger charge is -2.14. The van der Waals surface area contributed by atoms with Gasteiger partial charge in [0.05, 0.1) is 0 Å². The van der Waals surface area contributed by atoms with Gasteiger partial charge in [-0.3, -0.25) is 10.1 Å². The van der Waals surface area contributed by atoms with Crippen LogP contribution in [0.3, 0.4) is 0 Å². The first kappa shape index (κ1) is 13.8. The van der Waals surface area contributed by atoms with Crippen molar-refractivity contribution in [3.05, 3.63) is 47.7 Å². The summed E-state index contributed by atoms with van der Waals surface area (Å²) in [6, 6.07) is 9.68. The van der Waals surface area contributed by atoms with E-state index >= 15 is 0 Å². The van der Waals surface area contributed by atoms with Gasteiger partial charge in [0.25, 0.3) is 5.91 Å². The summed E-state index contributed by atoms with van der Waals surface area (Å²) in [7, 11) is 0. The number of para-hydroxylation sites is 1. The van der Waals surface area contributed by atoms with Crippen LogP contribution in [0.4, 0.5) is 5.13 Å². The van der Waals surface area contributed by atoms with Crippen molar-refractivity contribution in [1.29, 1.82) is 0 Å². The SMILES string of the molecule is O=C(Nc1nc(-c2cc3ccccc3o2)cs1)C1=COCCO1. The van der Waals surface area contributed by atoms with E-state index < -0.39 is 0 Å². The lowest BCUT2D eigenvalue weighted by atomic mass is 10.2. The molecule has 3 heterocycles. The van der Waals surface area contributed by atoms with Crippen LogP contribution in [0.15, 0.2) is 52.2 Å². The Kier molecular flexibility index (Phi) is 3.47. The number of benzene rings is 1. The van der Waals surface area contributed by atoms with Gasteiger partial charge in [-0.25, -0.2) is 4.98 Å². The minimum atomic E-state index is -0.379. The Bertz CT molecular complexity index is 863. The summed E-state index contributed by atoms with van der Waals surface area (Å²) >= 11 is 1.32. The maximum absolute atomic E-state index is 12.0. The van der Waals surface area contributed by atoms with Crippen molar-refractivity contribution in [2.75, 3.05) is 18.5 Å². The maximum atomic E-state index is 12.0. The number of nitrogens with zero attached hydrogens (tertiary/aromatic N) is 1. The molecular weight excluding hydrogens is 316 g/mol. The lowest BCUT2D eigenvalue weighted by molar-refractivity contribution is -0.117. The number of carbonyl (C=O) groups excluding carboxylic acids is 1. The normalized spacial score (nSPS) is 14.0. The highest BCUT2D eigenvalue weighted by Gasteiger charge is 2.17. The molecule has 0 saturated heterocycles. The topological polar surface area (TPSA) is 73.6 Å². The van der Waals surface area contributed by atoms with Crippen molar-refractivity contribution in [3.63, 3.8) is 0 Å². The highest BCUT2D eigenvalue weighted by atomic mass is 32.1. The highest BCUT2D eigenvalue weighted by molar-refractivity contribution is 7.14. The maximum Gasteiger partial charge on any atom is 0.295 e. The fourth-order valence-electron chi connectivity index (χ4n) is 2.20. The average Bonchev–Trinajstić information content (AvgIpc) is 3.21. The van der Waals surface area contributed by atoms with Gasteiger partial charge in [0.1, 0.15) is 30.8 Å². The molecule has 1 aliphatic heterocycles. The summed E-state index contributed by atoms with van der Waals surface area (Å²) < 4.78 is 16.1. The second-order valence-corrected chi connectivity index (χ2v) is 5.70. The predicted molar refractivity (Wildman–Crippen MR) is 85.9 cm³/mol. The van der Waals surface area contributed by atoms with Crippen LogP contribution in [0.25, 0.3) is 22.4 Å². The van der Waals surface area contributed by atoms with Crippen molar-refractivity contribution >= 4 is 33.3 Å². The van der Waals surface area contributed by atoms with E-state index in [1.54, 1.807) is 0 Å². The predicted octanol–water partition coefficient (Wildman–Crippen LogP) is 3.38. The molecule has 0 unspecified atom stereocenters. The fraction of sp³-hybridized carbons (Fsp3) is 0.125. The summed E-state index contributed by atoms with van der Waals surface area (Å²) in [5, 5.41) is 6.01. The van der Waals surface area contributed by atoms with Crippen LogP contribution in [0.2, 0.25) is 0 Å². The summed E-state index contributed by atoms with van der Waals surface area (Å²) in [4.78, 5) is 16.4. The summed E-state index contributed by atoms with van der Waals surface area (Å²) in [5.74, 6) is 0.436. The molecule has 6 nitrogen and oxygen atoms in total. The van der Waals surface area contributed by atoms with Gasteiger partial charge in [-0.05, 0) is 12.1 Å². The molecule has 3 aromatic rings. The number of furan rings is 1. The van der Waals surface area contributed by atoms with E-state index in [4.69, 9.17) is 13.9 Å². The number of amides is 1. The van der Waals surface area contributed by atoms with E-state index in [1.165, 1.54) is 17.6 Å². The smallest absolute Gasteiger partial charge is 0.295 e. The molecule has 0 aliphatic carbocycles. The molecule has 0 radical (unpaired) electrons. The van der Waals surface area contributed by atoms with Crippen molar-refractivity contribution in [3.8, 4) is 11.5 Å². The Hall–Kier alpha value is -2.80. The Morgan fingerprint density at radius 1 is 1.26 bits per heavy atom.